The summed E-state index contributed by atoms with van der Waals surface area (Å²) < 4.78 is 0. The van der Waals surface area contributed by atoms with Crippen LogP contribution in [0.5, 0.6) is 0 Å². The van der Waals surface area contributed by atoms with Gasteiger partial charge in [-0.25, -0.2) is 0 Å². The quantitative estimate of drug-likeness (QED) is 0.373. The van der Waals surface area contributed by atoms with E-state index in [1.54, 1.807) is 0 Å². The second kappa shape index (κ2) is 14.9. The highest BCUT2D eigenvalue weighted by atomic mass is 35.5. The number of rotatable bonds is 14. The smallest absolute Gasteiger partial charge is 0.0406 e. The Labute approximate surface area is 204 Å². The number of benzene rings is 2. The molecule has 176 valence electrons. The number of halogens is 2. The highest BCUT2D eigenvalue weighted by molar-refractivity contribution is 6.30. The summed E-state index contributed by atoms with van der Waals surface area (Å²) in [5.74, 6) is 0. The topological polar surface area (TPSA) is 30.5 Å². The maximum atomic E-state index is 5.93. The number of piperazine rings is 1. The number of unbranched alkanes of at least 4 members (excludes halogenated alkanes) is 2. The first-order valence-corrected chi connectivity index (χ1v) is 12.8. The van der Waals surface area contributed by atoms with E-state index in [1.165, 1.54) is 76.1 Å². The summed E-state index contributed by atoms with van der Waals surface area (Å²) in [5, 5.41) is 8.67. The van der Waals surface area contributed by atoms with Crippen LogP contribution < -0.4 is 10.6 Å². The molecule has 1 aliphatic rings. The molecule has 0 aliphatic carbocycles. The van der Waals surface area contributed by atoms with Crippen LogP contribution in [0, 0.1) is 0 Å². The predicted molar refractivity (Wildman–Crippen MR) is 138 cm³/mol. The summed E-state index contributed by atoms with van der Waals surface area (Å²) in [4.78, 5) is 5.26. The molecule has 1 saturated heterocycles. The molecule has 32 heavy (non-hydrogen) atoms. The van der Waals surface area contributed by atoms with Gasteiger partial charge in [0.25, 0.3) is 0 Å². The van der Waals surface area contributed by atoms with Crippen LogP contribution >= 0.6 is 23.2 Å². The van der Waals surface area contributed by atoms with E-state index in [2.05, 4.69) is 44.7 Å². The van der Waals surface area contributed by atoms with E-state index in [4.69, 9.17) is 23.2 Å². The van der Waals surface area contributed by atoms with Crippen molar-refractivity contribution in [1.29, 1.82) is 0 Å². The third kappa shape index (κ3) is 10.2. The number of hydrogen-bond acceptors (Lipinski definition) is 4. The number of nitrogens with zero attached hydrogens (tertiary/aromatic N) is 2. The molecule has 0 atom stereocenters. The van der Waals surface area contributed by atoms with Gasteiger partial charge in [0.15, 0.2) is 0 Å². The zero-order chi connectivity index (χ0) is 22.4. The highest BCUT2D eigenvalue weighted by Gasteiger charge is 2.15. The van der Waals surface area contributed by atoms with Gasteiger partial charge >= 0.3 is 0 Å². The van der Waals surface area contributed by atoms with E-state index in [9.17, 15) is 0 Å². The fraction of sp³-hybridized carbons (Fsp3) is 0.538. The minimum atomic E-state index is 0.802. The molecule has 2 N–H and O–H groups in total. The molecule has 2 aromatic carbocycles. The lowest BCUT2D eigenvalue weighted by Gasteiger charge is -2.34. The van der Waals surface area contributed by atoms with Crippen molar-refractivity contribution in [2.45, 2.75) is 38.8 Å². The minimum Gasteiger partial charge on any atom is -0.313 e. The van der Waals surface area contributed by atoms with Gasteiger partial charge in [0.2, 0.25) is 0 Å². The third-order valence-electron chi connectivity index (χ3n) is 6.11. The van der Waals surface area contributed by atoms with Gasteiger partial charge in [-0.3, -0.25) is 0 Å². The van der Waals surface area contributed by atoms with Crippen LogP contribution in [0.15, 0.2) is 48.5 Å². The van der Waals surface area contributed by atoms with Gasteiger partial charge in [-0.2, -0.15) is 0 Å². The van der Waals surface area contributed by atoms with Crippen molar-refractivity contribution in [3.8, 4) is 0 Å². The van der Waals surface area contributed by atoms with E-state index < -0.39 is 0 Å². The molecule has 3 rings (SSSR count). The second-order valence-electron chi connectivity index (χ2n) is 8.70. The first-order valence-electron chi connectivity index (χ1n) is 12.0. The van der Waals surface area contributed by atoms with Crippen LogP contribution in [0.2, 0.25) is 10.0 Å². The van der Waals surface area contributed by atoms with E-state index >= 15 is 0 Å². The lowest BCUT2D eigenvalue weighted by atomic mass is 10.2. The van der Waals surface area contributed by atoms with E-state index in [0.717, 1.165) is 36.2 Å². The summed E-state index contributed by atoms with van der Waals surface area (Å²) in [6, 6.07) is 16.2. The molecular weight excluding hydrogens is 439 g/mol. The number of hydrogen-bond donors (Lipinski definition) is 2. The average molecular weight is 478 g/mol. The molecule has 1 aliphatic heterocycles. The Morgan fingerprint density at radius 2 is 0.938 bits per heavy atom. The fourth-order valence-corrected chi connectivity index (χ4v) is 4.33. The molecule has 1 fully saturated rings. The Hall–Kier alpha value is -1.14. The molecule has 0 spiro atoms. The van der Waals surface area contributed by atoms with E-state index in [1.807, 2.05) is 24.3 Å². The van der Waals surface area contributed by atoms with Crippen molar-refractivity contribution in [1.82, 2.24) is 20.4 Å². The Balaban J connectivity index is 1.12. The van der Waals surface area contributed by atoms with Gasteiger partial charge in [0.1, 0.15) is 0 Å². The molecule has 0 radical (unpaired) electrons. The highest BCUT2D eigenvalue weighted by Crippen LogP contribution is 2.10. The van der Waals surface area contributed by atoms with Crippen molar-refractivity contribution in [2.24, 2.45) is 0 Å². The molecular formula is C26H38Cl2N4. The van der Waals surface area contributed by atoms with E-state index in [-0.39, 0.29) is 0 Å². The monoisotopic (exact) mass is 476 g/mol. The first-order chi connectivity index (χ1) is 15.7. The Morgan fingerprint density at radius 1 is 0.562 bits per heavy atom. The molecule has 0 saturated carbocycles. The lowest BCUT2D eigenvalue weighted by Crippen LogP contribution is -2.46. The van der Waals surface area contributed by atoms with Crippen molar-refractivity contribution < 1.29 is 0 Å². The molecule has 0 amide bonds. The molecule has 1 heterocycles. The zero-order valence-corrected chi connectivity index (χ0v) is 20.7. The maximum Gasteiger partial charge on any atom is 0.0406 e. The van der Waals surface area contributed by atoms with Crippen LogP contribution in [-0.2, 0) is 13.1 Å². The van der Waals surface area contributed by atoms with Crippen molar-refractivity contribution in [3.05, 3.63) is 69.7 Å². The fourth-order valence-electron chi connectivity index (χ4n) is 4.08. The molecule has 4 nitrogen and oxygen atoms in total. The minimum absolute atomic E-state index is 0.802. The maximum absolute atomic E-state index is 5.93. The summed E-state index contributed by atoms with van der Waals surface area (Å²) in [6.07, 6.45) is 5.01. The predicted octanol–water partition coefficient (Wildman–Crippen LogP) is 5.05. The average Bonchev–Trinajstić information content (AvgIpc) is 2.81. The van der Waals surface area contributed by atoms with Gasteiger partial charge in [-0.15, -0.1) is 0 Å². The van der Waals surface area contributed by atoms with Crippen LogP contribution in [-0.4, -0.2) is 62.2 Å². The van der Waals surface area contributed by atoms with Crippen LogP contribution in [0.1, 0.15) is 36.8 Å². The van der Waals surface area contributed by atoms with Crippen molar-refractivity contribution >= 4 is 23.2 Å². The lowest BCUT2D eigenvalue weighted by molar-refractivity contribution is 0.129. The summed E-state index contributed by atoms with van der Waals surface area (Å²) in [6.45, 7) is 11.3. The van der Waals surface area contributed by atoms with Gasteiger partial charge in [0.05, 0.1) is 0 Å². The van der Waals surface area contributed by atoms with Crippen LogP contribution in [0.4, 0.5) is 0 Å². The Bertz CT molecular complexity index is 678. The number of nitrogens with one attached hydrogen (secondary N) is 2. The molecule has 6 heteroatoms. The molecule has 0 unspecified atom stereocenters. The van der Waals surface area contributed by atoms with E-state index in [0.29, 0.717) is 0 Å². The standard InChI is InChI=1S/C26H38Cl2N4/c27-25-9-5-23(6-10-25)21-29-13-1-3-15-31-17-19-32(20-18-31)16-4-2-14-30-22-24-7-11-26(28)12-8-24/h5-12,29-30H,1-4,13-22H2. The van der Waals surface area contributed by atoms with Gasteiger partial charge in [0, 0.05) is 49.3 Å². The molecule has 2 aromatic rings. The zero-order valence-electron chi connectivity index (χ0n) is 19.2. The van der Waals surface area contributed by atoms with Gasteiger partial charge in [-0.05, 0) is 87.3 Å². The third-order valence-corrected chi connectivity index (χ3v) is 6.61. The molecule has 0 bridgehead atoms. The first kappa shape index (κ1) is 25.5. The largest absolute Gasteiger partial charge is 0.313 e. The van der Waals surface area contributed by atoms with Crippen molar-refractivity contribution in [3.63, 3.8) is 0 Å². The Morgan fingerprint density at radius 3 is 1.31 bits per heavy atom. The van der Waals surface area contributed by atoms with Crippen LogP contribution in [0.3, 0.4) is 0 Å². The summed E-state index contributed by atoms with van der Waals surface area (Å²) >= 11 is 11.9. The van der Waals surface area contributed by atoms with Gasteiger partial charge in [-0.1, -0.05) is 47.5 Å². The Kier molecular flexibility index (Phi) is 11.9. The van der Waals surface area contributed by atoms with Crippen LogP contribution in [0.25, 0.3) is 0 Å². The van der Waals surface area contributed by atoms with Gasteiger partial charge < -0.3 is 20.4 Å². The summed E-state index contributed by atoms with van der Waals surface area (Å²) in [5.41, 5.74) is 2.59. The van der Waals surface area contributed by atoms with Crippen molar-refractivity contribution in [2.75, 3.05) is 52.4 Å². The molecule has 0 aromatic heterocycles. The second-order valence-corrected chi connectivity index (χ2v) is 9.58. The summed E-state index contributed by atoms with van der Waals surface area (Å²) in [7, 11) is 0. The normalized spacial score (nSPS) is 15.3. The SMILES string of the molecule is Clc1ccc(CNCCCCN2CCN(CCCCNCc3ccc(Cl)cc3)CC2)cc1.